The number of aromatic nitrogens is 3. The molecular formula is C19H23N7O2S. The quantitative estimate of drug-likeness (QED) is 0.429. The molecular weight excluding hydrogens is 390 g/mol. The molecule has 0 amide bonds. The van der Waals surface area contributed by atoms with Crippen molar-refractivity contribution in [3.05, 3.63) is 53.7 Å². The Morgan fingerprint density at radius 3 is 2.17 bits per heavy atom. The maximum absolute atomic E-state index is 11.2. The van der Waals surface area contributed by atoms with Crippen LogP contribution >= 0.6 is 0 Å². The first-order valence-electron chi connectivity index (χ1n) is 8.90. The van der Waals surface area contributed by atoms with E-state index in [0.29, 0.717) is 24.7 Å². The number of benzene rings is 1. The van der Waals surface area contributed by atoms with Crippen molar-refractivity contribution in [1.29, 1.82) is 0 Å². The lowest BCUT2D eigenvalue weighted by Gasteiger charge is -2.11. The number of primary sulfonamides is 1. The van der Waals surface area contributed by atoms with Crippen LogP contribution in [-0.4, -0.2) is 36.5 Å². The first kappa shape index (κ1) is 20.5. The molecule has 0 bridgehead atoms. The van der Waals surface area contributed by atoms with Gasteiger partial charge in [-0.05, 0) is 38.1 Å². The third kappa shape index (κ3) is 5.62. The number of anilines is 3. The Labute approximate surface area is 169 Å². The highest BCUT2D eigenvalue weighted by Gasteiger charge is 2.08. The molecule has 0 atom stereocenters. The number of sulfonamides is 1. The van der Waals surface area contributed by atoms with E-state index < -0.39 is 10.0 Å². The lowest BCUT2D eigenvalue weighted by molar-refractivity contribution is 0.597. The van der Waals surface area contributed by atoms with E-state index in [1.807, 2.05) is 19.9 Å². The number of pyridine rings is 1. The van der Waals surface area contributed by atoms with Gasteiger partial charge in [0.05, 0.1) is 5.69 Å². The Bertz CT molecular complexity index is 1100. The summed E-state index contributed by atoms with van der Waals surface area (Å²) in [5, 5.41) is 11.3. The fraction of sp³-hybridized carbons (Fsp3) is 0.211. The van der Waals surface area contributed by atoms with Gasteiger partial charge in [0.2, 0.25) is 16.0 Å². The SMILES string of the molecule is Cc1cc(C)cc(-c2cc(NCCNc3ccc(S(N)(=O)=O)cn3)nc(N)n2)c1. The maximum Gasteiger partial charge on any atom is 0.239 e. The van der Waals surface area contributed by atoms with Crippen molar-refractivity contribution in [3.8, 4) is 11.3 Å². The molecule has 9 nitrogen and oxygen atoms in total. The Morgan fingerprint density at radius 1 is 0.931 bits per heavy atom. The Hall–Kier alpha value is -3.24. The summed E-state index contributed by atoms with van der Waals surface area (Å²) >= 11 is 0. The molecule has 0 aliphatic carbocycles. The zero-order valence-electron chi connectivity index (χ0n) is 16.2. The van der Waals surface area contributed by atoms with Crippen LogP contribution in [0.15, 0.2) is 47.5 Å². The zero-order chi connectivity index (χ0) is 21.0. The van der Waals surface area contributed by atoms with Gasteiger partial charge in [-0.3, -0.25) is 0 Å². The number of hydrogen-bond acceptors (Lipinski definition) is 8. The zero-order valence-corrected chi connectivity index (χ0v) is 17.0. The summed E-state index contributed by atoms with van der Waals surface area (Å²) in [4.78, 5) is 12.6. The predicted octanol–water partition coefficient (Wildman–Crippen LogP) is 1.91. The number of nitrogen functional groups attached to an aromatic ring is 1. The number of hydrogen-bond donors (Lipinski definition) is 4. The molecule has 3 aromatic rings. The third-order valence-corrected chi connectivity index (χ3v) is 4.96. The molecule has 2 aromatic heterocycles. The smallest absolute Gasteiger partial charge is 0.239 e. The number of rotatable bonds is 7. The minimum atomic E-state index is -3.75. The van der Waals surface area contributed by atoms with E-state index >= 15 is 0 Å². The van der Waals surface area contributed by atoms with E-state index in [-0.39, 0.29) is 10.8 Å². The van der Waals surface area contributed by atoms with Gasteiger partial charge in [0, 0.05) is 30.9 Å². The van der Waals surface area contributed by atoms with Gasteiger partial charge in [0.1, 0.15) is 16.5 Å². The van der Waals surface area contributed by atoms with Crippen molar-refractivity contribution in [1.82, 2.24) is 15.0 Å². The predicted molar refractivity (Wildman–Crippen MR) is 114 cm³/mol. The van der Waals surface area contributed by atoms with E-state index in [1.165, 1.54) is 12.3 Å². The van der Waals surface area contributed by atoms with Crippen LogP contribution in [0.5, 0.6) is 0 Å². The van der Waals surface area contributed by atoms with Crippen LogP contribution in [0.1, 0.15) is 11.1 Å². The molecule has 0 saturated carbocycles. The van der Waals surface area contributed by atoms with Crippen LogP contribution in [0.4, 0.5) is 17.6 Å². The largest absolute Gasteiger partial charge is 0.368 e. The van der Waals surface area contributed by atoms with Crippen molar-refractivity contribution >= 4 is 27.6 Å². The third-order valence-electron chi connectivity index (χ3n) is 4.06. The van der Waals surface area contributed by atoms with Gasteiger partial charge in [-0.15, -0.1) is 0 Å². The first-order chi connectivity index (χ1) is 13.7. The number of nitrogens with zero attached hydrogens (tertiary/aromatic N) is 3. The van der Waals surface area contributed by atoms with Crippen LogP contribution in [0.3, 0.4) is 0 Å². The van der Waals surface area contributed by atoms with E-state index in [4.69, 9.17) is 10.9 Å². The summed E-state index contributed by atoms with van der Waals surface area (Å²) in [7, 11) is -3.75. The summed E-state index contributed by atoms with van der Waals surface area (Å²) in [6.07, 6.45) is 1.21. The molecule has 1 aromatic carbocycles. The molecule has 0 aliphatic heterocycles. The molecule has 0 unspecified atom stereocenters. The standard InChI is InChI=1S/C19H23N7O2S/c1-12-7-13(2)9-14(8-12)16-10-18(26-19(20)25-16)23-6-5-22-17-4-3-15(11-24-17)29(21,27)28/h3-4,7-11H,5-6H2,1-2H3,(H,22,24)(H2,21,27,28)(H3,20,23,25,26). The molecule has 0 spiro atoms. The van der Waals surface area contributed by atoms with E-state index in [1.54, 1.807) is 6.07 Å². The minimum absolute atomic E-state index is 0.0310. The normalized spacial score (nSPS) is 11.3. The van der Waals surface area contributed by atoms with Gasteiger partial charge in [-0.25, -0.2) is 23.5 Å². The fourth-order valence-electron chi connectivity index (χ4n) is 2.86. The van der Waals surface area contributed by atoms with Gasteiger partial charge in [-0.2, -0.15) is 4.98 Å². The van der Waals surface area contributed by atoms with Gasteiger partial charge in [-0.1, -0.05) is 17.2 Å². The van der Waals surface area contributed by atoms with E-state index in [9.17, 15) is 8.42 Å². The van der Waals surface area contributed by atoms with Crippen LogP contribution < -0.4 is 21.5 Å². The summed E-state index contributed by atoms with van der Waals surface area (Å²) in [5.41, 5.74) is 9.90. The van der Waals surface area contributed by atoms with Gasteiger partial charge < -0.3 is 16.4 Å². The lowest BCUT2D eigenvalue weighted by Crippen LogP contribution is -2.16. The average molecular weight is 414 g/mol. The second-order valence-corrected chi connectivity index (χ2v) is 8.21. The monoisotopic (exact) mass is 413 g/mol. The molecule has 10 heteroatoms. The van der Waals surface area contributed by atoms with Crippen molar-refractivity contribution in [2.75, 3.05) is 29.5 Å². The fourth-order valence-corrected chi connectivity index (χ4v) is 3.32. The van der Waals surface area contributed by atoms with Crippen LogP contribution in [-0.2, 0) is 10.0 Å². The highest BCUT2D eigenvalue weighted by molar-refractivity contribution is 7.89. The molecule has 6 N–H and O–H groups in total. The second-order valence-electron chi connectivity index (χ2n) is 6.65. The molecule has 3 rings (SSSR count). The van der Waals surface area contributed by atoms with Gasteiger partial charge in [0.25, 0.3) is 0 Å². The van der Waals surface area contributed by atoms with E-state index in [0.717, 1.165) is 22.4 Å². The van der Waals surface area contributed by atoms with Crippen molar-refractivity contribution in [2.45, 2.75) is 18.7 Å². The van der Waals surface area contributed by atoms with E-state index in [2.05, 4.69) is 43.8 Å². The molecule has 0 saturated heterocycles. The highest BCUT2D eigenvalue weighted by atomic mass is 32.2. The Kier molecular flexibility index (Phi) is 5.95. The number of nitrogens with two attached hydrogens (primary N) is 2. The van der Waals surface area contributed by atoms with Crippen molar-refractivity contribution < 1.29 is 8.42 Å². The second kappa shape index (κ2) is 8.41. The van der Waals surface area contributed by atoms with Crippen molar-refractivity contribution in [3.63, 3.8) is 0 Å². The topological polar surface area (TPSA) is 149 Å². The summed E-state index contributed by atoms with van der Waals surface area (Å²) in [6.45, 7) is 5.15. The molecule has 29 heavy (non-hydrogen) atoms. The maximum atomic E-state index is 11.2. The minimum Gasteiger partial charge on any atom is -0.368 e. The summed E-state index contributed by atoms with van der Waals surface area (Å²) in [5.74, 6) is 1.35. The molecule has 0 aliphatic rings. The Balaban J connectivity index is 1.62. The molecule has 0 radical (unpaired) electrons. The van der Waals surface area contributed by atoms with Gasteiger partial charge in [0.15, 0.2) is 0 Å². The Morgan fingerprint density at radius 2 is 1.59 bits per heavy atom. The number of nitrogens with one attached hydrogen (secondary N) is 2. The summed E-state index contributed by atoms with van der Waals surface area (Å²) < 4.78 is 22.5. The average Bonchev–Trinajstić information content (AvgIpc) is 2.64. The van der Waals surface area contributed by atoms with Crippen LogP contribution in [0.2, 0.25) is 0 Å². The molecule has 152 valence electrons. The van der Waals surface area contributed by atoms with Crippen LogP contribution in [0.25, 0.3) is 11.3 Å². The lowest BCUT2D eigenvalue weighted by atomic mass is 10.0. The molecule has 2 heterocycles. The first-order valence-corrected chi connectivity index (χ1v) is 10.5. The van der Waals surface area contributed by atoms with Gasteiger partial charge >= 0.3 is 0 Å². The number of aryl methyl sites for hydroxylation is 2. The molecule has 0 fully saturated rings. The summed E-state index contributed by atoms with van der Waals surface area (Å²) in [6, 6.07) is 11.0. The van der Waals surface area contributed by atoms with Crippen molar-refractivity contribution in [2.24, 2.45) is 5.14 Å². The van der Waals surface area contributed by atoms with Crippen LogP contribution in [0, 0.1) is 13.8 Å². The highest BCUT2D eigenvalue weighted by Crippen LogP contribution is 2.23.